The summed E-state index contributed by atoms with van der Waals surface area (Å²) in [6, 6.07) is 8.79. The smallest absolute Gasteiger partial charge is 0.221 e. The summed E-state index contributed by atoms with van der Waals surface area (Å²) in [4.78, 5) is 11.0. The summed E-state index contributed by atoms with van der Waals surface area (Å²) in [6.07, 6.45) is 5.57. The van der Waals surface area contributed by atoms with Crippen LogP contribution in [0.2, 0.25) is 0 Å². The number of hydrazone groups is 1. The van der Waals surface area contributed by atoms with Crippen LogP contribution in [0.5, 0.6) is 5.75 Å². The van der Waals surface area contributed by atoms with Crippen LogP contribution in [0, 0.1) is 0 Å². The van der Waals surface area contributed by atoms with Gasteiger partial charge in [0.2, 0.25) is 5.91 Å². The molecule has 0 aliphatic rings. The molecule has 0 radical (unpaired) electrons. The number of carbonyl (C=O) groups excluding carboxylic acids is 1. The first-order valence-corrected chi connectivity index (χ1v) is 6.79. The Balaban J connectivity index is 2.13. The Hall–Kier alpha value is -2.89. The van der Waals surface area contributed by atoms with E-state index in [0.29, 0.717) is 11.4 Å². The topological polar surface area (TPSA) is 68.8 Å². The molecule has 2 aromatic rings. The average Bonchev–Trinajstić information content (AvgIpc) is 2.46. The van der Waals surface area contributed by atoms with Crippen LogP contribution in [-0.2, 0) is 11.8 Å². The lowest BCUT2D eigenvalue weighted by molar-refractivity contribution is -0.671. The van der Waals surface area contributed by atoms with Crippen molar-refractivity contribution < 1.29 is 14.5 Å². The molecule has 22 heavy (non-hydrogen) atoms. The van der Waals surface area contributed by atoms with Gasteiger partial charge in [0.1, 0.15) is 18.5 Å². The summed E-state index contributed by atoms with van der Waals surface area (Å²) in [7, 11) is 3.69. The number of aromatic nitrogens is 1. The predicted octanol–water partition coefficient (Wildman–Crippen LogP) is 1.65. The van der Waals surface area contributed by atoms with E-state index in [1.54, 1.807) is 30.4 Å². The molecular formula is C16H19N4O2+. The third kappa shape index (κ3) is 4.05. The van der Waals surface area contributed by atoms with Gasteiger partial charge in [0, 0.05) is 43.4 Å². The maximum atomic E-state index is 11.0. The maximum absolute atomic E-state index is 11.0. The minimum absolute atomic E-state index is 0.0466. The van der Waals surface area contributed by atoms with Crippen molar-refractivity contribution in [3.63, 3.8) is 0 Å². The highest BCUT2D eigenvalue weighted by molar-refractivity contribution is 5.89. The minimum Gasteiger partial charge on any atom is -0.506 e. The SMILES string of the molecule is CC(=O)Nc1ccc(N(C)/N=C/c2cc[n+](C)cc2)c(O)c1. The number of anilines is 2. The van der Waals surface area contributed by atoms with Gasteiger partial charge in [-0.25, -0.2) is 4.57 Å². The summed E-state index contributed by atoms with van der Waals surface area (Å²) in [5, 5.41) is 18.5. The Labute approximate surface area is 129 Å². The van der Waals surface area contributed by atoms with Crippen molar-refractivity contribution in [3.8, 4) is 5.75 Å². The number of phenolic OH excluding ortho intramolecular Hbond substituents is 1. The van der Waals surface area contributed by atoms with E-state index in [1.807, 2.05) is 36.1 Å². The van der Waals surface area contributed by atoms with Gasteiger partial charge in [-0.1, -0.05) is 0 Å². The quantitative estimate of drug-likeness (QED) is 0.512. The molecule has 1 aromatic heterocycles. The van der Waals surface area contributed by atoms with Gasteiger partial charge < -0.3 is 10.4 Å². The fourth-order valence-corrected chi connectivity index (χ4v) is 1.89. The fraction of sp³-hybridized carbons (Fsp3) is 0.188. The zero-order valence-electron chi connectivity index (χ0n) is 12.8. The second kappa shape index (κ2) is 6.71. The summed E-state index contributed by atoms with van der Waals surface area (Å²) >= 11 is 0. The lowest BCUT2D eigenvalue weighted by Crippen LogP contribution is -2.25. The van der Waals surface area contributed by atoms with E-state index in [1.165, 1.54) is 13.0 Å². The number of rotatable bonds is 4. The number of carbonyl (C=O) groups is 1. The van der Waals surface area contributed by atoms with Gasteiger partial charge in [-0.3, -0.25) is 9.80 Å². The third-order valence-corrected chi connectivity index (χ3v) is 3.03. The second-order valence-electron chi connectivity index (χ2n) is 4.95. The highest BCUT2D eigenvalue weighted by atomic mass is 16.3. The molecule has 0 saturated carbocycles. The monoisotopic (exact) mass is 299 g/mol. The van der Waals surface area contributed by atoms with Crippen molar-refractivity contribution in [1.82, 2.24) is 0 Å². The first-order chi connectivity index (χ1) is 10.5. The van der Waals surface area contributed by atoms with Gasteiger partial charge in [-0.05, 0) is 12.1 Å². The molecule has 0 saturated heterocycles. The van der Waals surface area contributed by atoms with Crippen LogP contribution in [0.1, 0.15) is 12.5 Å². The molecule has 0 fully saturated rings. The van der Waals surface area contributed by atoms with E-state index in [4.69, 9.17) is 0 Å². The number of phenols is 1. The number of amides is 1. The number of nitrogens with zero attached hydrogens (tertiary/aromatic N) is 3. The van der Waals surface area contributed by atoms with Gasteiger partial charge >= 0.3 is 0 Å². The van der Waals surface area contributed by atoms with Crippen LogP contribution in [0.25, 0.3) is 0 Å². The van der Waals surface area contributed by atoms with Gasteiger partial charge in [-0.15, -0.1) is 0 Å². The van der Waals surface area contributed by atoms with Crippen LogP contribution in [-0.4, -0.2) is 24.3 Å². The summed E-state index contributed by atoms with van der Waals surface area (Å²) in [5.74, 6) is -0.138. The summed E-state index contributed by atoms with van der Waals surface area (Å²) in [5.41, 5.74) is 2.05. The Morgan fingerprint density at radius 3 is 2.59 bits per heavy atom. The van der Waals surface area contributed by atoms with Crippen molar-refractivity contribution >= 4 is 23.5 Å². The molecule has 0 bridgehead atoms. The molecule has 2 N–H and O–H groups in total. The van der Waals surface area contributed by atoms with E-state index in [9.17, 15) is 9.90 Å². The molecule has 114 valence electrons. The van der Waals surface area contributed by atoms with Gasteiger partial charge in [0.15, 0.2) is 12.4 Å². The first-order valence-electron chi connectivity index (χ1n) is 6.79. The molecule has 1 amide bonds. The van der Waals surface area contributed by atoms with Crippen molar-refractivity contribution in [1.29, 1.82) is 0 Å². The highest BCUT2D eigenvalue weighted by Gasteiger charge is 2.07. The third-order valence-electron chi connectivity index (χ3n) is 3.03. The number of benzene rings is 1. The zero-order valence-corrected chi connectivity index (χ0v) is 12.8. The molecule has 2 rings (SSSR count). The zero-order chi connectivity index (χ0) is 16.1. The lowest BCUT2D eigenvalue weighted by atomic mass is 10.2. The number of nitrogens with one attached hydrogen (secondary N) is 1. The number of pyridine rings is 1. The van der Waals surface area contributed by atoms with Gasteiger partial charge in [0.05, 0.1) is 6.21 Å². The van der Waals surface area contributed by atoms with Crippen molar-refractivity contribution in [2.75, 3.05) is 17.4 Å². The van der Waals surface area contributed by atoms with Crippen LogP contribution in [0.4, 0.5) is 11.4 Å². The molecule has 0 spiro atoms. The first kappa shape index (κ1) is 15.5. The predicted molar refractivity (Wildman–Crippen MR) is 86.0 cm³/mol. The van der Waals surface area contributed by atoms with E-state index in [-0.39, 0.29) is 11.7 Å². The van der Waals surface area contributed by atoms with Gasteiger partial charge in [-0.2, -0.15) is 5.10 Å². The Kier molecular flexibility index (Phi) is 4.73. The molecule has 0 unspecified atom stereocenters. The number of hydrogen-bond acceptors (Lipinski definition) is 4. The molecule has 0 aliphatic heterocycles. The standard InChI is InChI=1S/C16H18N4O2/c1-12(21)18-14-4-5-15(16(22)10-14)20(3)17-11-13-6-8-19(2)9-7-13/h4-11H,1-3H3,(H-,17,18,21,22)/p+1. The van der Waals surface area contributed by atoms with Gasteiger partial charge in [0.25, 0.3) is 0 Å². The van der Waals surface area contributed by atoms with Crippen LogP contribution >= 0.6 is 0 Å². The largest absolute Gasteiger partial charge is 0.506 e. The van der Waals surface area contributed by atoms with E-state index < -0.39 is 0 Å². The molecule has 0 atom stereocenters. The maximum Gasteiger partial charge on any atom is 0.221 e. The molecule has 1 aromatic carbocycles. The Morgan fingerprint density at radius 2 is 2.00 bits per heavy atom. The highest BCUT2D eigenvalue weighted by Crippen LogP contribution is 2.29. The van der Waals surface area contributed by atoms with Crippen LogP contribution in [0.15, 0.2) is 47.8 Å². The van der Waals surface area contributed by atoms with Crippen molar-refractivity contribution in [2.45, 2.75) is 6.92 Å². The summed E-state index contributed by atoms with van der Waals surface area (Å²) < 4.78 is 1.94. The number of aromatic hydroxyl groups is 1. The minimum atomic E-state index is -0.184. The molecule has 1 heterocycles. The number of aryl methyl sites for hydroxylation is 1. The molecule has 0 aliphatic carbocycles. The molecular weight excluding hydrogens is 280 g/mol. The average molecular weight is 299 g/mol. The van der Waals surface area contributed by atoms with Crippen molar-refractivity contribution in [3.05, 3.63) is 48.3 Å². The molecule has 6 heteroatoms. The van der Waals surface area contributed by atoms with E-state index in [0.717, 1.165) is 5.56 Å². The van der Waals surface area contributed by atoms with Crippen molar-refractivity contribution in [2.24, 2.45) is 12.1 Å². The summed E-state index contributed by atoms with van der Waals surface area (Å²) in [6.45, 7) is 1.42. The Bertz CT molecular complexity index is 696. The van der Waals surface area contributed by atoms with Crippen LogP contribution in [0.3, 0.4) is 0 Å². The normalized spacial score (nSPS) is 10.7. The van der Waals surface area contributed by atoms with E-state index in [2.05, 4.69) is 10.4 Å². The Morgan fingerprint density at radius 1 is 1.32 bits per heavy atom. The van der Waals surface area contributed by atoms with Crippen LogP contribution < -0.4 is 14.9 Å². The second-order valence-corrected chi connectivity index (χ2v) is 4.95. The lowest BCUT2D eigenvalue weighted by Gasteiger charge is -2.15. The van der Waals surface area contributed by atoms with E-state index >= 15 is 0 Å². The molecule has 6 nitrogen and oxygen atoms in total. The fourth-order valence-electron chi connectivity index (χ4n) is 1.89. The number of hydrogen-bond donors (Lipinski definition) is 2.